The van der Waals surface area contributed by atoms with Crippen molar-refractivity contribution in [2.45, 2.75) is 25.7 Å². The van der Waals surface area contributed by atoms with E-state index in [4.69, 9.17) is 14.8 Å². The molecule has 5 rings (SSSR count). The van der Waals surface area contributed by atoms with Gasteiger partial charge in [-0.1, -0.05) is 30.3 Å². The summed E-state index contributed by atoms with van der Waals surface area (Å²) in [6.07, 6.45) is 2.20. The minimum atomic E-state index is -0.190. The molecule has 1 N–H and O–H groups in total. The lowest BCUT2D eigenvalue weighted by Crippen LogP contribution is -2.14. The lowest BCUT2D eigenvalue weighted by atomic mass is 10.1. The molecule has 1 aliphatic carbocycles. The molecule has 1 aliphatic rings. The van der Waals surface area contributed by atoms with Gasteiger partial charge in [0.25, 0.3) is 5.91 Å². The van der Waals surface area contributed by atoms with Crippen molar-refractivity contribution in [2.75, 3.05) is 12.4 Å². The standard InChI is InChI=1S/C24H22N4O2/c1-15-22-18(24(29)26-19-10-6-7-11-21(19)30-2)14-20(16-12-13-16)25-23(22)28(27-15)17-8-4-3-5-9-17/h3-11,14,16H,12-13H2,1-2H3,(H,26,29). The third kappa shape index (κ3) is 3.20. The van der Waals surface area contributed by atoms with E-state index in [0.717, 1.165) is 35.3 Å². The van der Waals surface area contributed by atoms with E-state index in [9.17, 15) is 4.79 Å². The highest BCUT2D eigenvalue weighted by Gasteiger charge is 2.29. The molecule has 1 amide bonds. The first-order chi connectivity index (χ1) is 14.7. The number of aryl methyl sites for hydroxylation is 1. The van der Waals surface area contributed by atoms with Gasteiger partial charge < -0.3 is 10.1 Å². The van der Waals surface area contributed by atoms with Crippen LogP contribution in [0.15, 0.2) is 60.7 Å². The third-order valence-corrected chi connectivity index (χ3v) is 5.43. The first-order valence-corrected chi connectivity index (χ1v) is 10.1. The van der Waals surface area contributed by atoms with Gasteiger partial charge in [-0.25, -0.2) is 9.67 Å². The normalized spacial score (nSPS) is 13.4. The molecule has 2 heterocycles. The van der Waals surface area contributed by atoms with Gasteiger partial charge in [0, 0.05) is 11.6 Å². The van der Waals surface area contributed by atoms with E-state index in [1.54, 1.807) is 7.11 Å². The van der Waals surface area contributed by atoms with Crippen LogP contribution < -0.4 is 10.1 Å². The molecule has 0 aliphatic heterocycles. The molecule has 1 saturated carbocycles. The molecule has 30 heavy (non-hydrogen) atoms. The quantitative estimate of drug-likeness (QED) is 0.521. The van der Waals surface area contributed by atoms with E-state index in [1.807, 2.05) is 72.3 Å². The number of anilines is 1. The summed E-state index contributed by atoms with van der Waals surface area (Å²) in [5, 5.41) is 8.49. The number of hydrogen-bond acceptors (Lipinski definition) is 4. The number of fused-ring (bicyclic) bond motifs is 1. The molecule has 6 heteroatoms. The third-order valence-electron chi connectivity index (χ3n) is 5.43. The summed E-state index contributed by atoms with van der Waals surface area (Å²) < 4.78 is 7.21. The van der Waals surface area contributed by atoms with Crippen molar-refractivity contribution in [1.29, 1.82) is 0 Å². The number of carbonyl (C=O) groups is 1. The summed E-state index contributed by atoms with van der Waals surface area (Å²) >= 11 is 0. The Morgan fingerprint density at radius 2 is 1.83 bits per heavy atom. The summed E-state index contributed by atoms with van der Waals surface area (Å²) in [7, 11) is 1.59. The molecule has 0 bridgehead atoms. The number of ether oxygens (including phenoxy) is 1. The first kappa shape index (κ1) is 18.4. The Morgan fingerprint density at radius 3 is 2.57 bits per heavy atom. The zero-order valence-electron chi connectivity index (χ0n) is 16.9. The molecule has 1 fully saturated rings. The van der Waals surface area contributed by atoms with Gasteiger partial charge in [0.15, 0.2) is 5.65 Å². The summed E-state index contributed by atoms with van der Waals surface area (Å²) in [5.41, 5.74) is 4.59. The molecule has 0 spiro atoms. The fraction of sp³-hybridized carbons (Fsp3) is 0.208. The molecule has 4 aromatic rings. The minimum absolute atomic E-state index is 0.190. The molecular formula is C24H22N4O2. The van der Waals surface area contributed by atoms with Gasteiger partial charge in [-0.05, 0) is 50.1 Å². The highest BCUT2D eigenvalue weighted by Crippen LogP contribution is 2.41. The lowest BCUT2D eigenvalue weighted by molar-refractivity contribution is 0.102. The maximum atomic E-state index is 13.4. The monoisotopic (exact) mass is 398 g/mol. The smallest absolute Gasteiger partial charge is 0.256 e. The summed E-state index contributed by atoms with van der Waals surface area (Å²) in [4.78, 5) is 18.3. The number of para-hydroxylation sites is 3. The van der Waals surface area contributed by atoms with Crippen LogP contribution >= 0.6 is 0 Å². The second-order valence-corrected chi connectivity index (χ2v) is 7.55. The number of nitrogens with zero attached hydrogens (tertiary/aromatic N) is 3. The van der Waals surface area contributed by atoms with Crippen molar-refractivity contribution in [3.63, 3.8) is 0 Å². The number of aromatic nitrogens is 3. The zero-order chi connectivity index (χ0) is 20.7. The van der Waals surface area contributed by atoms with E-state index in [0.29, 0.717) is 28.6 Å². The maximum absolute atomic E-state index is 13.4. The SMILES string of the molecule is COc1ccccc1NC(=O)c1cc(C2CC2)nc2c1c(C)nn2-c1ccccc1. The average Bonchev–Trinajstić information content (AvgIpc) is 3.58. The van der Waals surface area contributed by atoms with Crippen LogP contribution in [0.3, 0.4) is 0 Å². The van der Waals surface area contributed by atoms with Gasteiger partial charge in [-0.15, -0.1) is 0 Å². The van der Waals surface area contributed by atoms with Crippen molar-refractivity contribution >= 4 is 22.6 Å². The number of hydrogen-bond donors (Lipinski definition) is 1. The van der Waals surface area contributed by atoms with Crippen molar-refractivity contribution in [3.8, 4) is 11.4 Å². The minimum Gasteiger partial charge on any atom is -0.495 e. The van der Waals surface area contributed by atoms with Gasteiger partial charge in [-0.3, -0.25) is 4.79 Å². The van der Waals surface area contributed by atoms with Crippen LogP contribution in [0.1, 0.15) is 40.5 Å². The van der Waals surface area contributed by atoms with E-state index in [1.165, 1.54) is 0 Å². The second-order valence-electron chi connectivity index (χ2n) is 7.55. The van der Waals surface area contributed by atoms with Gasteiger partial charge in [0.1, 0.15) is 5.75 Å². The maximum Gasteiger partial charge on any atom is 0.256 e. The Labute approximate surface area is 174 Å². The topological polar surface area (TPSA) is 69.0 Å². The Balaban J connectivity index is 1.66. The number of rotatable bonds is 5. The average molecular weight is 398 g/mol. The molecule has 150 valence electrons. The summed E-state index contributed by atoms with van der Waals surface area (Å²) in [5.74, 6) is 0.839. The van der Waals surface area contributed by atoms with Crippen molar-refractivity contribution in [2.24, 2.45) is 0 Å². The fourth-order valence-electron chi connectivity index (χ4n) is 3.76. The van der Waals surface area contributed by atoms with E-state index in [2.05, 4.69) is 5.32 Å². The van der Waals surface area contributed by atoms with Crippen molar-refractivity contribution < 1.29 is 9.53 Å². The molecule has 0 unspecified atom stereocenters. The van der Waals surface area contributed by atoms with Crippen molar-refractivity contribution in [3.05, 3.63) is 77.6 Å². The molecule has 0 saturated heterocycles. The van der Waals surface area contributed by atoms with Crippen LogP contribution in [-0.2, 0) is 0 Å². The predicted molar refractivity (Wildman–Crippen MR) is 117 cm³/mol. The van der Waals surface area contributed by atoms with Crippen LogP contribution in [0.5, 0.6) is 5.75 Å². The number of benzene rings is 2. The molecule has 6 nitrogen and oxygen atoms in total. The number of pyridine rings is 1. The Hall–Kier alpha value is -3.67. The first-order valence-electron chi connectivity index (χ1n) is 10.1. The van der Waals surface area contributed by atoms with E-state index < -0.39 is 0 Å². The highest BCUT2D eigenvalue weighted by atomic mass is 16.5. The fourth-order valence-corrected chi connectivity index (χ4v) is 3.76. The second kappa shape index (κ2) is 7.30. The zero-order valence-corrected chi connectivity index (χ0v) is 16.9. The summed E-state index contributed by atoms with van der Waals surface area (Å²) in [6, 6.07) is 19.2. The number of nitrogens with one attached hydrogen (secondary N) is 1. The van der Waals surface area contributed by atoms with Gasteiger partial charge in [0.2, 0.25) is 0 Å². The molecular weight excluding hydrogens is 376 g/mol. The molecule has 2 aromatic heterocycles. The highest BCUT2D eigenvalue weighted by molar-refractivity contribution is 6.13. The number of amides is 1. The predicted octanol–water partition coefficient (Wildman–Crippen LogP) is 4.87. The molecule has 2 aromatic carbocycles. The van der Waals surface area contributed by atoms with E-state index in [-0.39, 0.29) is 5.91 Å². The van der Waals surface area contributed by atoms with Crippen LogP contribution in [0.25, 0.3) is 16.7 Å². The van der Waals surface area contributed by atoms with Crippen LogP contribution in [0.4, 0.5) is 5.69 Å². The molecule has 0 radical (unpaired) electrons. The Kier molecular flexibility index (Phi) is 4.47. The van der Waals surface area contributed by atoms with Crippen molar-refractivity contribution in [1.82, 2.24) is 14.8 Å². The Bertz CT molecular complexity index is 1240. The lowest BCUT2D eigenvalue weighted by Gasteiger charge is -2.12. The number of carbonyl (C=O) groups excluding carboxylic acids is 1. The van der Waals surface area contributed by atoms with Gasteiger partial charge in [0.05, 0.1) is 35.1 Å². The van der Waals surface area contributed by atoms with Gasteiger partial charge >= 0.3 is 0 Å². The van der Waals surface area contributed by atoms with Crippen LogP contribution in [0.2, 0.25) is 0 Å². The molecule has 0 atom stereocenters. The largest absolute Gasteiger partial charge is 0.495 e. The van der Waals surface area contributed by atoms with Crippen LogP contribution in [0, 0.1) is 6.92 Å². The Morgan fingerprint density at radius 1 is 1.10 bits per heavy atom. The van der Waals surface area contributed by atoms with Gasteiger partial charge in [-0.2, -0.15) is 5.10 Å². The van der Waals surface area contributed by atoms with E-state index >= 15 is 0 Å². The van der Waals surface area contributed by atoms with Crippen LogP contribution in [-0.4, -0.2) is 27.8 Å². The number of methoxy groups -OCH3 is 1. The summed E-state index contributed by atoms with van der Waals surface area (Å²) in [6.45, 7) is 1.92.